The Labute approximate surface area is 160 Å². The first kappa shape index (κ1) is 22.4. The zero-order chi connectivity index (χ0) is 20.4. The van der Waals surface area contributed by atoms with Gasteiger partial charge in [0.2, 0.25) is 0 Å². The van der Waals surface area contributed by atoms with Crippen LogP contribution in [0, 0.1) is 16.0 Å². The van der Waals surface area contributed by atoms with Crippen LogP contribution >= 0.6 is 11.8 Å². The van der Waals surface area contributed by atoms with Gasteiger partial charge in [-0.2, -0.15) is 0 Å². The molecule has 1 amide bonds. The molecular formula is C17H22N2O7S. The molecule has 148 valence electrons. The van der Waals surface area contributed by atoms with Gasteiger partial charge in [0.1, 0.15) is 6.04 Å². The fourth-order valence-electron chi connectivity index (χ4n) is 2.01. The van der Waals surface area contributed by atoms with E-state index >= 15 is 0 Å². The molecule has 0 aliphatic heterocycles. The highest BCUT2D eigenvalue weighted by atomic mass is 32.2. The lowest BCUT2D eigenvalue weighted by Crippen LogP contribution is -2.47. The summed E-state index contributed by atoms with van der Waals surface area (Å²) in [5, 5.41) is 13.1. The summed E-state index contributed by atoms with van der Waals surface area (Å²) in [5.74, 6) is -1.96. The summed E-state index contributed by atoms with van der Waals surface area (Å²) in [6.45, 7) is 3.17. The number of esters is 2. The molecule has 0 saturated carbocycles. The van der Waals surface area contributed by atoms with Crippen LogP contribution in [0.4, 0.5) is 5.69 Å². The maximum absolute atomic E-state index is 11.9. The Morgan fingerprint density at radius 3 is 2.41 bits per heavy atom. The largest absolute Gasteiger partial charge is 0.467 e. The monoisotopic (exact) mass is 398 g/mol. The highest BCUT2D eigenvalue weighted by molar-refractivity contribution is 8.00. The molecule has 1 N–H and O–H groups in total. The normalized spacial score (nSPS) is 12.6. The van der Waals surface area contributed by atoms with Crippen LogP contribution in [-0.4, -0.2) is 48.3 Å². The molecule has 27 heavy (non-hydrogen) atoms. The Kier molecular flexibility index (Phi) is 9.27. The minimum Gasteiger partial charge on any atom is -0.467 e. The van der Waals surface area contributed by atoms with Gasteiger partial charge in [0, 0.05) is 17.0 Å². The molecule has 0 spiro atoms. The number of methoxy groups -OCH3 is 1. The molecule has 0 aromatic heterocycles. The predicted octanol–water partition coefficient (Wildman–Crippen LogP) is 1.93. The van der Waals surface area contributed by atoms with Gasteiger partial charge >= 0.3 is 11.9 Å². The first-order valence-electron chi connectivity index (χ1n) is 8.18. The highest BCUT2D eigenvalue weighted by Gasteiger charge is 2.26. The second-order valence-electron chi connectivity index (χ2n) is 5.65. The van der Waals surface area contributed by atoms with Crippen molar-refractivity contribution in [2.75, 3.05) is 19.5 Å². The van der Waals surface area contributed by atoms with Crippen LogP contribution in [0.2, 0.25) is 0 Å². The van der Waals surface area contributed by atoms with Crippen molar-refractivity contribution in [1.82, 2.24) is 5.32 Å². The van der Waals surface area contributed by atoms with Crippen LogP contribution < -0.4 is 5.32 Å². The number of nitrogens with zero attached hydrogens (tertiary/aromatic N) is 1. The molecule has 0 bridgehead atoms. The van der Waals surface area contributed by atoms with Gasteiger partial charge in [0.15, 0.2) is 6.61 Å². The van der Waals surface area contributed by atoms with Gasteiger partial charge in [-0.3, -0.25) is 19.7 Å². The number of rotatable bonds is 10. The van der Waals surface area contributed by atoms with Crippen molar-refractivity contribution in [3.8, 4) is 0 Å². The number of nitrogens with one attached hydrogen (secondary N) is 1. The molecule has 0 aliphatic carbocycles. The van der Waals surface area contributed by atoms with E-state index in [1.54, 1.807) is 6.92 Å². The van der Waals surface area contributed by atoms with Gasteiger partial charge < -0.3 is 14.8 Å². The first-order chi connectivity index (χ1) is 12.8. The van der Waals surface area contributed by atoms with Gasteiger partial charge in [-0.25, -0.2) is 4.79 Å². The molecule has 9 nitrogen and oxygen atoms in total. The first-order valence-corrected chi connectivity index (χ1v) is 9.17. The predicted molar refractivity (Wildman–Crippen MR) is 98.2 cm³/mol. The molecular weight excluding hydrogens is 376 g/mol. The summed E-state index contributed by atoms with van der Waals surface area (Å²) >= 11 is 1.13. The van der Waals surface area contributed by atoms with Crippen LogP contribution in [0.5, 0.6) is 0 Å². The minimum atomic E-state index is -0.805. The lowest BCUT2D eigenvalue weighted by atomic mass is 9.99. The summed E-state index contributed by atoms with van der Waals surface area (Å²) in [6.07, 6.45) is 0.658. The molecule has 0 saturated heterocycles. The lowest BCUT2D eigenvalue weighted by Gasteiger charge is -2.21. The molecule has 0 unspecified atom stereocenters. The van der Waals surface area contributed by atoms with E-state index in [4.69, 9.17) is 4.74 Å². The molecule has 10 heteroatoms. The number of nitro groups is 1. The van der Waals surface area contributed by atoms with Crippen molar-refractivity contribution < 1.29 is 28.8 Å². The molecule has 0 aliphatic rings. The van der Waals surface area contributed by atoms with Crippen LogP contribution in [0.15, 0.2) is 29.2 Å². The second kappa shape index (κ2) is 11.2. The average molecular weight is 398 g/mol. The molecule has 0 heterocycles. The zero-order valence-electron chi connectivity index (χ0n) is 15.3. The number of nitro benzene ring substituents is 1. The summed E-state index contributed by atoms with van der Waals surface area (Å²) in [7, 11) is 1.24. The van der Waals surface area contributed by atoms with Crippen molar-refractivity contribution >= 4 is 35.3 Å². The van der Waals surface area contributed by atoms with Crippen molar-refractivity contribution in [3.05, 3.63) is 34.4 Å². The number of ether oxygens (including phenoxy) is 2. The van der Waals surface area contributed by atoms with Gasteiger partial charge in [-0.05, 0) is 18.1 Å². The quantitative estimate of drug-likeness (QED) is 0.274. The lowest BCUT2D eigenvalue weighted by molar-refractivity contribution is -0.384. The number of non-ortho nitro benzene ring substituents is 1. The zero-order valence-corrected chi connectivity index (χ0v) is 16.1. The summed E-state index contributed by atoms with van der Waals surface area (Å²) in [4.78, 5) is 46.1. The molecule has 1 rings (SSSR count). The van der Waals surface area contributed by atoms with E-state index in [1.165, 1.54) is 31.4 Å². The van der Waals surface area contributed by atoms with Crippen LogP contribution in [-0.2, 0) is 23.9 Å². The van der Waals surface area contributed by atoms with Crippen molar-refractivity contribution in [3.63, 3.8) is 0 Å². The van der Waals surface area contributed by atoms with E-state index in [0.717, 1.165) is 11.8 Å². The van der Waals surface area contributed by atoms with Crippen LogP contribution in [0.1, 0.15) is 20.3 Å². The fourth-order valence-corrected chi connectivity index (χ4v) is 2.70. The van der Waals surface area contributed by atoms with E-state index in [-0.39, 0.29) is 17.4 Å². The van der Waals surface area contributed by atoms with Crippen molar-refractivity contribution in [2.45, 2.75) is 31.2 Å². The number of carbonyl (C=O) groups excluding carboxylic acids is 3. The van der Waals surface area contributed by atoms with Crippen molar-refractivity contribution in [2.24, 2.45) is 5.92 Å². The third kappa shape index (κ3) is 7.65. The molecule has 0 fully saturated rings. The fraction of sp³-hybridized carbons (Fsp3) is 0.471. The molecule has 1 aromatic carbocycles. The molecule has 2 atom stereocenters. The van der Waals surface area contributed by atoms with Crippen LogP contribution in [0.3, 0.4) is 0 Å². The van der Waals surface area contributed by atoms with Gasteiger partial charge in [-0.1, -0.05) is 20.3 Å². The van der Waals surface area contributed by atoms with Gasteiger partial charge in [-0.15, -0.1) is 11.8 Å². The minimum absolute atomic E-state index is 0.0416. The Bertz CT molecular complexity index is 678. The maximum atomic E-state index is 11.9. The number of thioether (sulfide) groups is 1. The topological polar surface area (TPSA) is 125 Å². The van der Waals surface area contributed by atoms with E-state index in [2.05, 4.69) is 10.1 Å². The van der Waals surface area contributed by atoms with Gasteiger partial charge in [0.25, 0.3) is 11.6 Å². The van der Waals surface area contributed by atoms with Gasteiger partial charge in [0.05, 0.1) is 17.8 Å². The number of hydrogen-bond acceptors (Lipinski definition) is 8. The SMILES string of the molecule is CC[C@@H](C)[C@H](NC(=O)COC(=O)CSc1ccc([N+](=O)[O-])cc1)C(=O)OC. The van der Waals surface area contributed by atoms with Crippen molar-refractivity contribution in [1.29, 1.82) is 0 Å². The standard InChI is InChI=1S/C17H22N2O7S/c1-4-11(2)16(17(22)25-3)18-14(20)9-26-15(21)10-27-13-7-5-12(6-8-13)19(23)24/h5-8,11,16H,4,9-10H2,1-3H3,(H,18,20)/t11-,16+/m1/s1. The van der Waals surface area contributed by atoms with E-state index in [9.17, 15) is 24.5 Å². The third-order valence-electron chi connectivity index (χ3n) is 3.75. The Hall–Kier alpha value is -2.62. The van der Waals surface area contributed by atoms with Crippen LogP contribution in [0.25, 0.3) is 0 Å². The number of amides is 1. The smallest absolute Gasteiger partial charge is 0.328 e. The highest BCUT2D eigenvalue weighted by Crippen LogP contribution is 2.21. The molecule has 0 radical (unpaired) electrons. The summed E-state index contributed by atoms with van der Waals surface area (Å²) in [5.41, 5.74) is -0.0416. The average Bonchev–Trinajstić information content (AvgIpc) is 2.67. The number of hydrogen-bond donors (Lipinski definition) is 1. The number of benzene rings is 1. The summed E-state index contributed by atoms with van der Waals surface area (Å²) < 4.78 is 9.55. The second-order valence-corrected chi connectivity index (χ2v) is 6.70. The Balaban J connectivity index is 2.43. The third-order valence-corrected chi connectivity index (χ3v) is 4.74. The Morgan fingerprint density at radius 2 is 1.89 bits per heavy atom. The number of carbonyl (C=O) groups is 3. The maximum Gasteiger partial charge on any atom is 0.328 e. The summed E-state index contributed by atoms with van der Waals surface area (Å²) in [6, 6.07) is 4.92. The van der Waals surface area contributed by atoms with E-state index in [1.807, 2.05) is 6.92 Å². The molecule has 1 aromatic rings. The Morgan fingerprint density at radius 1 is 1.26 bits per heavy atom. The van der Waals surface area contributed by atoms with E-state index in [0.29, 0.717) is 11.3 Å². The van der Waals surface area contributed by atoms with E-state index < -0.39 is 35.4 Å².